The number of hydrogen-bond acceptors (Lipinski definition) is 3. The zero-order chi connectivity index (χ0) is 11.9. The summed E-state index contributed by atoms with van der Waals surface area (Å²) < 4.78 is 38.1. The van der Waals surface area contributed by atoms with Crippen molar-refractivity contribution in [1.82, 2.24) is 0 Å². The molecule has 0 N–H and O–H groups in total. The van der Waals surface area contributed by atoms with Crippen LogP contribution >= 0.6 is 0 Å². The van der Waals surface area contributed by atoms with Gasteiger partial charge in [-0.15, -0.1) is 19.7 Å². The molecular weight excluding hydrogens is 235 g/mol. The maximum Gasteiger partial charge on any atom is 0.427 e. The summed E-state index contributed by atoms with van der Waals surface area (Å²) in [5, 5.41) is 0. The number of allylic oxidation sites excluding steroid dienone is 3. The van der Waals surface area contributed by atoms with Gasteiger partial charge in [0.1, 0.15) is 0 Å². The average Bonchev–Trinajstić information content (AvgIpc) is 2.01. The fraction of sp³-hybridized carbons (Fsp3) is 0.333. The highest BCUT2D eigenvalue weighted by Crippen LogP contribution is 2.26. The van der Waals surface area contributed by atoms with Gasteiger partial charge in [0.25, 0.3) is 0 Å². The van der Waals surface area contributed by atoms with Gasteiger partial charge in [0.15, 0.2) is 0 Å². The van der Waals surface area contributed by atoms with Crippen LogP contribution in [0.3, 0.4) is 0 Å². The minimum atomic E-state index is -4.93. The van der Waals surface area contributed by atoms with E-state index in [0.29, 0.717) is 18.1 Å². The average molecular weight is 250 g/mol. The van der Waals surface area contributed by atoms with Crippen LogP contribution in [-0.4, -0.2) is 16.7 Å². The molecule has 0 aliphatic carbocycles. The van der Waals surface area contributed by atoms with Crippen molar-refractivity contribution in [2.45, 2.75) is 18.1 Å². The van der Waals surface area contributed by atoms with E-state index in [0.717, 1.165) is 0 Å². The molecule has 0 aromatic carbocycles. The van der Waals surface area contributed by atoms with Crippen molar-refractivity contribution in [2.24, 2.45) is 0 Å². The van der Waals surface area contributed by atoms with Gasteiger partial charge in [0.2, 0.25) is 8.32 Å². The fourth-order valence-electron chi connectivity index (χ4n) is 1.35. The van der Waals surface area contributed by atoms with Crippen molar-refractivity contribution in [3.8, 4) is 0 Å². The summed E-state index contributed by atoms with van der Waals surface area (Å²) >= 11 is 0. The van der Waals surface area contributed by atoms with E-state index in [1.807, 2.05) is 0 Å². The van der Waals surface area contributed by atoms with Gasteiger partial charge in [-0.25, -0.2) is 0 Å². The molecule has 0 saturated heterocycles. The Morgan fingerprint density at radius 3 is 1.60 bits per heavy atom. The Morgan fingerprint density at radius 2 is 1.40 bits per heavy atom. The Labute approximate surface area is 91.5 Å². The predicted molar refractivity (Wildman–Crippen MR) is 61.9 cm³/mol. The van der Waals surface area contributed by atoms with Crippen molar-refractivity contribution in [3.05, 3.63) is 38.0 Å². The number of hydrogen-bond donors (Lipinski definition) is 0. The highest BCUT2D eigenvalue weighted by Gasteiger charge is 2.36. The molecule has 6 heteroatoms. The largest absolute Gasteiger partial charge is 0.427 e. The van der Waals surface area contributed by atoms with Crippen LogP contribution in [0.2, 0.25) is 18.1 Å². The van der Waals surface area contributed by atoms with Crippen molar-refractivity contribution in [1.29, 1.82) is 0 Å². The molecule has 0 aliphatic heterocycles. The molecule has 0 rings (SSSR count). The summed E-state index contributed by atoms with van der Waals surface area (Å²) in [4.78, 5) is 0. The van der Waals surface area contributed by atoms with Crippen LogP contribution in [0.15, 0.2) is 38.0 Å². The maximum absolute atomic E-state index is 12.5. The van der Waals surface area contributed by atoms with Crippen LogP contribution in [-0.2, 0) is 14.4 Å². The fourth-order valence-corrected chi connectivity index (χ4v) is 5.94. The lowest BCUT2D eigenvalue weighted by molar-refractivity contribution is 0.434. The first-order chi connectivity index (χ1) is 6.89. The van der Waals surface area contributed by atoms with E-state index in [2.05, 4.69) is 23.6 Å². The van der Waals surface area contributed by atoms with Crippen LogP contribution in [0.4, 0.5) is 3.89 Å². The van der Waals surface area contributed by atoms with Crippen molar-refractivity contribution in [3.63, 3.8) is 0 Å². The van der Waals surface area contributed by atoms with Crippen LogP contribution in [0.25, 0.3) is 0 Å². The smallest absolute Gasteiger partial charge is 0.289 e. The molecule has 0 aromatic heterocycles. The molecule has 0 amide bonds. The summed E-state index contributed by atoms with van der Waals surface area (Å²) in [6.07, 6.45) is 4.60. The molecule has 15 heavy (non-hydrogen) atoms. The van der Waals surface area contributed by atoms with E-state index >= 15 is 0 Å². The number of rotatable bonds is 8. The summed E-state index contributed by atoms with van der Waals surface area (Å²) in [5.41, 5.74) is 0. The Morgan fingerprint density at radius 1 is 1.07 bits per heavy atom. The summed E-state index contributed by atoms with van der Waals surface area (Å²) in [6, 6.07) is 1.02. The first-order valence-corrected chi connectivity index (χ1v) is 8.21. The second kappa shape index (κ2) is 5.99. The Hall–Kier alpha value is -0.723. The monoisotopic (exact) mass is 250 g/mol. The van der Waals surface area contributed by atoms with Gasteiger partial charge >= 0.3 is 10.5 Å². The topological polar surface area (TPSA) is 43.4 Å². The molecule has 0 unspecified atom stereocenters. The Bertz CT molecular complexity index is 311. The summed E-state index contributed by atoms with van der Waals surface area (Å²) in [7, 11) is -7.68. The van der Waals surface area contributed by atoms with E-state index in [1.54, 1.807) is 0 Å². The lowest BCUT2D eigenvalue weighted by Crippen LogP contribution is -2.37. The Balaban J connectivity index is 4.99. The quantitative estimate of drug-likeness (QED) is 0.378. The molecule has 0 spiro atoms. The lowest BCUT2D eigenvalue weighted by Gasteiger charge is -2.24. The zero-order valence-corrected chi connectivity index (χ0v) is 10.3. The first-order valence-electron chi connectivity index (χ1n) is 4.37. The zero-order valence-electron chi connectivity index (χ0n) is 8.49. The van der Waals surface area contributed by atoms with Crippen LogP contribution in [0.1, 0.15) is 0 Å². The molecule has 0 fully saturated rings. The lowest BCUT2D eigenvalue weighted by atomic mass is 10.7. The third kappa shape index (κ3) is 5.66. The first kappa shape index (κ1) is 14.3. The predicted octanol–water partition coefficient (Wildman–Crippen LogP) is 2.72. The van der Waals surface area contributed by atoms with Crippen molar-refractivity contribution < 1.29 is 16.2 Å². The van der Waals surface area contributed by atoms with E-state index in [4.69, 9.17) is 0 Å². The Kier molecular flexibility index (Phi) is 5.70. The third-order valence-electron chi connectivity index (χ3n) is 1.83. The molecule has 86 valence electrons. The minimum Gasteiger partial charge on any atom is -0.289 e. The van der Waals surface area contributed by atoms with Crippen LogP contribution < -0.4 is 0 Å². The summed E-state index contributed by atoms with van der Waals surface area (Å²) in [6.45, 7) is 10.5. The van der Waals surface area contributed by atoms with Gasteiger partial charge in [-0.3, -0.25) is 3.87 Å². The minimum absolute atomic E-state index is 0.341. The van der Waals surface area contributed by atoms with Gasteiger partial charge in [-0.2, -0.15) is 8.42 Å². The van der Waals surface area contributed by atoms with Gasteiger partial charge in [-0.05, 0) is 18.1 Å². The summed E-state index contributed by atoms with van der Waals surface area (Å²) in [5.74, 6) is 0. The highest BCUT2D eigenvalue weighted by atomic mass is 32.3. The second-order valence-electron chi connectivity index (χ2n) is 3.14. The third-order valence-corrected chi connectivity index (χ3v) is 7.13. The molecule has 0 bridgehead atoms. The molecule has 0 aliphatic rings. The van der Waals surface area contributed by atoms with Crippen LogP contribution in [0, 0.1) is 0 Å². The molecule has 0 heterocycles. The maximum atomic E-state index is 12.5. The van der Waals surface area contributed by atoms with E-state index in [-0.39, 0.29) is 0 Å². The normalized spacial score (nSPS) is 12.1. The molecular formula is C9H15FO3SSi. The van der Waals surface area contributed by atoms with Gasteiger partial charge in [0.05, 0.1) is 0 Å². The number of halogens is 1. The molecule has 0 aromatic rings. The van der Waals surface area contributed by atoms with Crippen molar-refractivity contribution in [2.75, 3.05) is 0 Å². The van der Waals surface area contributed by atoms with Crippen molar-refractivity contribution >= 4 is 18.8 Å². The van der Waals surface area contributed by atoms with Gasteiger partial charge in [-0.1, -0.05) is 22.1 Å². The van der Waals surface area contributed by atoms with E-state index < -0.39 is 18.8 Å². The molecule has 3 nitrogen and oxygen atoms in total. The van der Waals surface area contributed by atoms with Gasteiger partial charge < -0.3 is 0 Å². The standard InChI is InChI=1S/C9H15FO3SSi/c1-4-7-15(8-5-2,9-6-3)13-14(10,11)12/h4-6H,1-3,7-9H2. The molecule has 0 radical (unpaired) electrons. The second-order valence-corrected chi connectivity index (χ2v) is 8.18. The SMILES string of the molecule is C=CC[Si](CC=C)(CC=C)OS(=O)(=O)F. The molecule has 0 atom stereocenters. The highest BCUT2D eigenvalue weighted by molar-refractivity contribution is 7.82. The van der Waals surface area contributed by atoms with E-state index in [1.165, 1.54) is 18.2 Å². The van der Waals surface area contributed by atoms with Crippen LogP contribution in [0.5, 0.6) is 0 Å². The van der Waals surface area contributed by atoms with E-state index in [9.17, 15) is 12.3 Å². The molecule has 0 saturated carbocycles. The van der Waals surface area contributed by atoms with Gasteiger partial charge in [0, 0.05) is 0 Å².